The molecule has 0 N–H and O–H groups in total. The molecule has 0 saturated heterocycles. The number of aryl methyl sites for hydroxylation is 2. The Morgan fingerprint density at radius 2 is 1.65 bits per heavy atom. The summed E-state index contributed by atoms with van der Waals surface area (Å²) >= 11 is 0. The predicted octanol–water partition coefficient (Wildman–Crippen LogP) is 4.17. The molecule has 1 aliphatic rings. The van der Waals surface area contributed by atoms with Crippen LogP contribution < -0.4 is 0 Å². The maximum Gasteiger partial charge on any atom is 0.254 e. The van der Waals surface area contributed by atoms with Crippen molar-refractivity contribution in [2.45, 2.75) is 33.4 Å². The first-order chi connectivity index (χ1) is 12.6. The number of rotatable bonds is 3. The van der Waals surface area contributed by atoms with Crippen LogP contribution >= 0.6 is 0 Å². The highest BCUT2D eigenvalue weighted by Crippen LogP contribution is 2.24. The summed E-state index contributed by atoms with van der Waals surface area (Å²) in [6.45, 7) is 5.25. The minimum Gasteiger partial charge on any atom is -0.328 e. The summed E-state index contributed by atoms with van der Waals surface area (Å²) in [4.78, 5) is 23.6. The number of carbonyl (C=O) groups is 1. The molecule has 0 fully saturated rings. The molecule has 0 unspecified atom stereocenters. The minimum absolute atomic E-state index is 0.0384. The molecule has 0 atom stereocenters. The van der Waals surface area contributed by atoms with Gasteiger partial charge >= 0.3 is 0 Å². The average molecular weight is 343 g/mol. The molecule has 0 bridgehead atoms. The number of carbonyl (C=O) groups excluding carboxylic acids is 1. The van der Waals surface area contributed by atoms with Crippen molar-refractivity contribution in [2.24, 2.45) is 0 Å². The van der Waals surface area contributed by atoms with E-state index in [1.807, 2.05) is 42.3 Å². The first-order valence-electron chi connectivity index (χ1n) is 8.94. The Morgan fingerprint density at radius 3 is 2.31 bits per heavy atom. The van der Waals surface area contributed by atoms with E-state index < -0.39 is 0 Å². The molecule has 2 heterocycles. The number of benzene rings is 2. The molecule has 1 aliphatic heterocycles. The number of fused-ring (bicyclic) bond motifs is 1. The first-order valence-corrected chi connectivity index (χ1v) is 8.94. The summed E-state index contributed by atoms with van der Waals surface area (Å²) < 4.78 is 0. The van der Waals surface area contributed by atoms with Crippen LogP contribution in [0.25, 0.3) is 11.1 Å². The largest absolute Gasteiger partial charge is 0.328 e. The molecule has 4 heteroatoms. The topological polar surface area (TPSA) is 46.1 Å². The standard InChI is InChI=1S/C22H21N3O/c1-3-21-23-12-19-13-25(14-20(19)24-21)22(26)18-10-8-17(9-11-18)16-6-4-15(2)5-7-16/h4-12H,3,13-14H2,1-2H3. The Labute approximate surface area is 153 Å². The average Bonchev–Trinajstić information content (AvgIpc) is 3.11. The zero-order valence-electron chi connectivity index (χ0n) is 15.1. The molecule has 1 amide bonds. The number of hydrogen-bond donors (Lipinski definition) is 0. The summed E-state index contributed by atoms with van der Waals surface area (Å²) in [5.41, 5.74) is 6.24. The van der Waals surface area contributed by atoms with Gasteiger partial charge in [0.2, 0.25) is 0 Å². The van der Waals surface area contributed by atoms with Gasteiger partial charge in [0.25, 0.3) is 5.91 Å². The fourth-order valence-electron chi connectivity index (χ4n) is 3.24. The molecular formula is C22H21N3O. The Bertz CT molecular complexity index is 946. The lowest BCUT2D eigenvalue weighted by molar-refractivity contribution is 0.0750. The van der Waals surface area contributed by atoms with Crippen molar-refractivity contribution in [3.63, 3.8) is 0 Å². The molecule has 3 aromatic rings. The summed E-state index contributed by atoms with van der Waals surface area (Å²) in [7, 11) is 0. The van der Waals surface area contributed by atoms with Crippen molar-refractivity contribution >= 4 is 5.91 Å². The maximum atomic E-state index is 12.8. The van der Waals surface area contributed by atoms with Crippen LogP contribution in [0.2, 0.25) is 0 Å². The van der Waals surface area contributed by atoms with Gasteiger partial charge < -0.3 is 4.90 Å². The molecule has 2 aromatic carbocycles. The van der Waals surface area contributed by atoms with Crippen LogP contribution in [-0.4, -0.2) is 20.8 Å². The van der Waals surface area contributed by atoms with Crippen molar-refractivity contribution in [3.8, 4) is 11.1 Å². The lowest BCUT2D eigenvalue weighted by Gasteiger charge is -2.15. The second-order valence-corrected chi connectivity index (χ2v) is 6.72. The second kappa shape index (κ2) is 6.71. The second-order valence-electron chi connectivity index (χ2n) is 6.72. The predicted molar refractivity (Wildman–Crippen MR) is 102 cm³/mol. The van der Waals surface area contributed by atoms with Gasteiger partial charge in [-0.2, -0.15) is 0 Å². The van der Waals surface area contributed by atoms with Crippen molar-refractivity contribution < 1.29 is 4.79 Å². The van der Waals surface area contributed by atoms with Gasteiger partial charge in [0.15, 0.2) is 0 Å². The molecule has 0 radical (unpaired) electrons. The van der Waals surface area contributed by atoms with Crippen molar-refractivity contribution in [1.82, 2.24) is 14.9 Å². The zero-order valence-corrected chi connectivity index (χ0v) is 15.1. The molecule has 26 heavy (non-hydrogen) atoms. The number of nitrogens with zero attached hydrogens (tertiary/aromatic N) is 3. The number of aromatic nitrogens is 2. The Balaban J connectivity index is 1.51. The third kappa shape index (κ3) is 3.10. The Hall–Kier alpha value is -3.01. The normalized spacial score (nSPS) is 12.9. The van der Waals surface area contributed by atoms with Gasteiger partial charge in [-0.15, -0.1) is 0 Å². The van der Waals surface area contributed by atoms with Crippen molar-refractivity contribution in [2.75, 3.05) is 0 Å². The third-order valence-corrected chi connectivity index (χ3v) is 4.83. The monoisotopic (exact) mass is 343 g/mol. The maximum absolute atomic E-state index is 12.8. The van der Waals surface area contributed by atoms with E-state index in [2.05, 4.69) is 41.2 Å². The third-order valence-electron chi connectivity index (χ3n) is 4.83. The van der Waals surface area contributed by atoms with Crippen LogP contribution in [0.1, 0.15) is 39.9 Å². The molecule has 130 valence electrons. The van der Waals surface area contributed by atoms with E-state index in [-0.39, 0.29) is 5.91 Å². The lowest BCUT2D eigenvalue weighted by Crippen LogP contribution is -2.25. The van der Waals surface area contributed by atoms with Gasteiger partial charge in [-0.3, -0.25) is 4.79 Å². The molecule has 0 saturated carbocycles. The van der Waals surface area contributed by atoms with Crippen molar-refractivity contribution in [1.29, 1.82) is 0 Å². The molecular weight excluding hydrogens is 322 g/mol. The van der Waals surface area contributed by atoms with Crippen LogP contribution in [-0.2, 0) is 19.5 Å². The van der Waals surface area contributed by atoms with Gasteiger partial charge in [0.1, 0.15) is 5.82 Å². The molecule has 4 rings (SSSR count). The zero-order chi connectivity index (χ0) is 18.1. The fourth-order valence-corrected chi connectivity index (χ4v) is 3.24. The molecule has 0 spiro atoms. The lowest BCUT2D eigenvalue weighted by atomic mass is 10.0. The summed E-state index contributed by atoms with van der Waals surface area (Å²) in [5, 5.41) is 0. The number of hydrogen-bond acceptors (Lipinski definition) is 3. The molecule has 1 aromatic heterocycles. The van der Waals surface area contributed by atoms with E-state index in [4.69, 9.17) is 0 Å². The van der Waals surface area contributed by atoms with Gasteiger partial charge in [-0.25, -0.2) is 9.97 Å². The highest BCUT2D eigenvalue weighted by Gasteiger charge is 2.25. The summed E-state index contributed by atoms with van der Waals surface area (Å²) in [5.74, 6) is 0.872. The van der Waals surface area contributed by atoms with E-state index in [0.29, 0.717) is 18.7 Å². The fraction of sp³-hybridized carbons (Fsp3) is 0.227. The van der Waals surface area contributed by atoms with E-state index in [9.17, 15) is 4.79 Å². The van der Waals surface area contributed by atoms with Gasteiger partial charge in [0.05, 0.1) is 12.2 Å². The Morgan fingerprint density at radius 1 is 1.00 bits per heavy atom. The quantitative estimate of drug-likeness (QED) is 0.717. The van der Waals surface area contributed by atoms with E-state index in [1.54, 1.807) is 0 Å². The van der Waals surface area contributed by atoms with E-state index >= 15 is 0 Å². The summed E-state index contributed by atoms with van der Waals surface area (Å²) in [6, 6.07) is 16.2. The van der Waals surface area contributed by atoms with Gasteiger partial charge in [-0.05, 0) is 30.2 Å². The highest BCUT2D eigenvalue weighted by atomic mass is 16.2. The minimum atomic E-state index is 0.0384. The van der Waals surface area contributed by atoms with Crippen LogP contribution in [0, 0.1) is 6.92 Å². The van der Waals surface area contributed by atoms with Gasteiger partial charge in [0, 0.05) is 30.3 Å². The Kier molecular flexibility index (Phi) is 4.25. The van der Waals surface area contributed by atoms with Crippen LogP contribution in [0.5, 0.6) is 0 Å². The van der Waals surface area contributed by atoms with E-state index in [1.165, 1.54) is 5.56 Å². The van der Waals surface area contributed by atoms with Gasteiger partial charge in [-0.1, -0.05) is 48.9 Å². The summed E-state index contributed by atoms with van der Waals surface area (Å²) in [6.07, 6.45) is 2.66. The molecule has 0 aliphatic carbocycles. The van der Waals surface area contributed by atoms with Crippen LogP contribution in [0.3, 0.4) is 0 Å². The first kappa shape index (κ1) is 16.5. The molecule has 4 nitrogen and oxygen atoms in total. The van der Waals surface area contributed by atoms with Crippen LogP contribution in [0.15, 0.2) is 54.7 Å². The SMILES string of the molecule is CCc1ncc2c(n1)CN(C(=O)c1ccc(-c3ccc(C)cc3)cc1)C2. The number of amides is 1. The smallest absolute Gasteiger partial charge is 0.254 e. The van der Waals surface area contributed by atoms with Crippen molar-refractivity contribution in [3.05, 3.63) is 82.9 Å². The van der Waals surface area contributed by atoms with E-state index in [0.717, 1.165) is 34.6 Å². The van der Waals surface area contributed by atoms with Crippen LogP contribution in [0.4, 0.5) is 0 Å². The highest BCUT2D eigenvalue weighted by molar-refractivity contribution is 5.95.